The van der Waals surface area contributed by atoms with Crippen molar-refractivity contribution in [1.29, 1.82) is 0 Å². The number of hydrogen-bond donors (Lipinski definition) is 1. The summed E-state index contributed by atoms with van der Waals surface area (Å²) < 4.78 is 5.79. The largest absolute Gasteiger partial charge is 0.459 e. The lowest BCUT2D eigenvalue weighted by Gasteiger charge is -2.08. The topological polar surface area (TPSA) is 51.0 Å². The van der Waals surface area contributed by atoms with E-state index in [1.54, 1.807) is 0 Å². The Morgan fingerprint density at radius 2 is 2.10 bits per heavy atom. The van der Waals surface area contributed by atoms with E-state index in [2.05, 4.69) is 34.3 Å². The summed E-state index contributed by atoms with van der Waals surface area (Å²) in [4.78, 5) is 8.67. The number of hydrogen-bond acceptors (Lipinski definition) is 4. The number of nitrogens with zero attached hydrogens (tertiary/aromatic N) is 2. The van der Waals surface area contributed by atoms with E-state index in [4.69, 9.17) is 4.42 Å². The maximum Gasteiger partial charge on any atom is 0.134 e. The Labute approximate surface area is 117 Å². The molecule has 1 aromatic carbocycles. The minimum atomic E-state index is 0.623. The third-order valence-electron chi connectivity index (χ3n) is 3.27. The summed E-state index contributed by atoms with van der Waals surface area (Å²) in [6.07, 6.45) is 2.78. The monoisotopic (exact) mass is 267 g/mol. The van der Waals surface area contributed by atoms with Gasteiger partial charge in [0.2, 0.25) is 0 Å². The fourth-order valence-electron chi connectivity index (χ4n) is 2.20. The normalized spacial score (nSPS) is 10.9. The summed E-state index contributed by atoms with van der Waals surface area (Å²) in [5.41, 5.74) is 2.03. The van der Waals surface area contributed by atoms with Crippen molar-refractivity contribution in [2.24, 2.45) is 0 Å². The first-order chi connectivity index (χ1) is 9.76. The molecular weight excluding hydrogens is 250 g/mol. The molecule has 0 atom stereocenters. The van der Waals surface area contributed by atoms with Gasteiger partial charge in [0.05, 0.1) is 6.54 Å². The van der Waals surface area contributed by atoms with Gasteiger partial charge >= 0.3 is 0 Å². The van der Waals surface area contributed by atoms with Crippen molar-refractivity contribution in [3.63, 3.8) is 0 Å². The first-order valence-electron chi connectivity index (χ1n) is 6.80. The fourth-order valence-corrected chi connectivity index (χ4v) is 2.20. The van der Waals surface area contributed by atoms with E-state index in [1.807, 2.05) is 31.3 Å². The van der Waals surface area contributed by atoms with Gasteiger partial charge in [0.15, 0.2) is 0 Å². The molecule has 0 saturated carbocycles. The minimum Gasteiger partial charge on any atom is -0.459 e. The quantitative estimate of drug-likeness (QED) is 0.783. The summed E-state index contributed by atoms with van der Waals surface area (Å²) in [6, 6.07) is 10.1. The summed E-state index contributed by atoms with van der Waals surface area (Å²) in [7, 11) is 0. The van der Waals surface area contributed by atoms with Crippen LogP contribution in [0.4, 0.5) is 5.82 Å². The molecule has 0 radical (unpaired) electrons. The first-order valence-corrected chi connectivity index (χ1v) is 6.80. The number of furan rings is 1. The van der Waals surface area contributed by atoms with Gasteiger partial charge < -0.3 is 9.73 Å². The average molecular weight is 267 g/mol. The van der Waals surface area contributed by atoms with Crippen LogP contribution in [0, 0.1) is 6.92 Å². The lowest BCUT2D eigenvalue weighted by molar-refractivity contribution is 0.559. The zero-order valence-electron chi connectivity index (χ0n) is 11.7. The van der Waals surface area contributed by atoms with Crippen molar-refractivity contribution in [3.05, 3.63) is 53.7 Å². The second-order valence-electron chi connectivity index (χ2n) is 4.75. The summed E-state index contributed by atoms with van der Waals surface area (Å²) in [5.74, 6) is 2.57. The third kappa shape index (κ3) is 2.50. The molecule has 2 heterocycles. The van der Waals surface area contributed by atoms with Crippen molar-refractivity contribution in [3.8, 4) is 0 Å². The molecule has 102 valence electrons. The number of fused-ring (bicyclic) bond motifs is 1. The maximum atomic E-state index is 5.79. The van der Waals surface area contributed by atoms with Crippen LogP contribution in [0.25, 0.3) is 11.0 Å². The molecule has 0 unspecified atom stereocenters. The molecule has 0 spiro atoms. The number of aryl methyl sites for hydroxylation is 2. The molecule has 3 aromatic rings. The Kier molecular flexibility index (Phi) is 3.37. The fraction of sp³-hybridized carbons (Fsp3) is 0.250. The molecule has 2 aromatic heterocycles. The molecule has 0 fully saturated rings. The van der Waals surface area contributed by atoms with Crippen molar-refractivity contribution in [2.45, 2.75) is 26.8 Å². The van der Waals surface area contributed by atoms with Gasteiger partial charge in [0.25, 0.3) is 0 Å². The van der Waals surface area contributed by atoms with Gasteiger partial charge in [-0.05, 0) is 25.5 Å². The highest BCUT2D eigenvalue weighted by Gasteiger charge is 2.06. The molecule has 0 aliphatic heterocycles. The zero-order valence-corrected chi connectivity index (χ0v) is 11.7. The van der Waals surface area contributed by atoms with Crippen molar-refractivity contribution in [1.82, 2.24) is 9.97 Å². The van der Waals surface area contributed by atoms with Crippen LogP contribution in [-0.2, 0) is 13.0 Å². The minimum absolute atomic E-state index is 0.623. The predicted molar refractivity (Wildman–Crippen MR) is 79.7 cm³/mol. The molecule has 3 rings (SSSR count). The van der Waals surface area contributed by atoms with Crippen LogP contribution < -0.4 is 5.32 Å². The van der Waals surface area contributed by atoms with E-state index in [-0.39, 0.29) is 0 Å². The molecule has 4 nitrogen and oxygen atoms in total. The molecular formula is C16H17N3O. The number of nitrogens with one attached hydrogen (secondary N) is 1. The number of para-hydroxylation sites is 1. The lowest BCUT2D eigenvalue weighted by atomic mass is 10.2. The molecule has 0 amide bonds. The zero-order chi connectivity index (χ0) is 13.9. The molecule has 0 aliphatic carbocycles. The van der Waals surface area contributed by atoms with E-state index < -0.39 is 0 Å². The van der Waals surface area contributed by atoms with Crippen molar-refractivity contribution < 1.29 is 4.42 Å². The number of anilines is 1. The van der Waals surface area contributed by atoms with Crippen LogP contribution in [-0.4, -0.2) is 9.97 Å². The van der Waals surface area contributed by atoms with Gasteiger partial charge in [0, 0.05) is 17.1 Å². The molecule has 1 N–H and O–H groups in total. The van der Waals surface area contributed by atoms with E-state index in [9.17, 15) is 0 Å². The highest BCUT2D eigenvalue weighted by atomic mass is 16.3. The molecule has 0 bridgehead atoms. The Morgan fingerprint density at radius 1 is 1.25 bits per heavy atom. The standard InChI is InChI=1S/C16H17N3O/c1-3-12-9-17-11(2)19-16(12)18-10-14-8-13-6-4-5-7-15(13)20-14/h4-9H,3,10H2,1-2H3,(H,17,18,19). The van der Waals surface area contributed by atoms with Crippen LogP contribution in [0.15, 0.2) is 40.9 Å². The molecule has 20 heavy (non-hydrogen) atoms. The van der Waals surface area contributed by atoms with Crippen LogP contribution in [0.1, 0.15) is 24.1 Å². The van der Waals surface area contributed by atoms with Gasteiger partial charge in [-0.15, -0.1) is 0 Å². The third-order valence-corrected chi connectivity index (χ3v) is 3.27. The predicted octanol–water partition coefficient (Wildman–Crippen LogP) is 3.71. The van der Waals surface area contributed by atoms with Crippen LogP contribution in [0.3, 0.4) is 0 Å². The summed E-state index contributed by atoms with van der Waals surface area (Å²) in [5, 5.41) is 4.46. The molecule has 0 aliphatic rings. The van der Waals surface area contributed by atoms with Crippen LogP contribution >= 0.6 is 0 Å². The first kappa shape index (κ1) is 12.7. The summed E-state index contributed by atoms with van der Waals surface area (Å²) >= 11 is 0. The van der Waals surface area contributed by atoms with Crippen molar-refractivity contribution >= 4 is 16.8 Å². The SMILES string of the molecule is CCc1cnc(C)nc1NCc1cc2ccccc2o1. The smallest absolute Gasteiger partial charge is 0.134 e. The van der Waals surface area contributed by atoms with E-state index in [0.29, 0.717) is 6.54 Å². The second-order valence-corrected chi connectivity index (χ2v) is 4.75. The molecule has 4 heteroatoms. The maximum absolute atomic E-state index is 5.79. The Hall–Kier alpha value is -2.36. The van der Waals surface area contributed by atoms with E-state index >= 15 is 0 Å². The Morgan fingerprint density at radius 3 is 2.90 bits per heavy atom. The van der Waals surface area contributed by atoms with Crippen LogP contribution in [0.2, 0.25) is 0 Å². The Balaban J connectivity index is 1.80. The summed E-state index contributed by atoms with van der Waals surface area (Å²) in [6.45, 7) is 4.62. The number of aromatic nitrogens is 2. The van der Waals surface area contributed by atoms with E-state index in [0.717, 1.165) is 40.4 Å². The van der Waals surface area contributed by atoms with Gasteiger partial charge in [0.1, 0.15) is 23.0 Å². The van der Waals surface area contributed by atoms with E-state index in [1.165, 1.54) is 0 Å². The highest BCUT2D eigenvalue weighted by Crippen LogP contribution is 2.20. The lowest BCUT2D eigenvalue weighted by Crippen LogP contribution is -2.05. The van der Waals surface area contributed by atoms with Gasteiger partial charge in [-0.1, -0.05) is 25.1 Å². The second kappa shape index (κ2) is 5.33. The highest BCUT2D eigenvalue weighted by molar-refractivity contribution is 5.77. The van der Waals surface area contributed by atoms with Gasteiger partial charge in [-0.2, -0.15) is 0 Å². The number of benzene rings is 1. The Bertz CT molecular complexity index is 700. The van der Waals surface area contributed by atoms with Crippen LogP contribution in [0.5, 0.6) is 0 Å². The van der Waals surface area contributed by atoms with Crippen molar-refractivity contribution in [2.75, 3.05) is 5.32 Å². The average Bonchev–Trinajstić information content (AvgIpc) is 2.88. The number of rotatable bonds is 4. The van der Waals surface area contributed by atoms with Gasteiger partial charge in [-0.25, -0.2) is 9.97 Å². The molecule has 0 saturated heterocycles. The van der Waals surface area contributed by atoms with Gasteiger partial charge in [-0.3, -0.25) is 0 Å².